The van der Waals surface area contributed by atoms with Gasteiger partial charge in [-0.2, -0.15) is 0 Å². The average molecular weight is 325 g/mol. The molecule has 18 heavy (non-hydrogen) atoms. The Kier molecular flexibility index (Phi) is 3.73. The van der Waals surface area contributed by atoms with Gasteiger partial charge in [0.05, 0.1) is 4.88 Å². The zero-order valence-electron chi connectivity index (χ0n) is 10.1. The van der Waals surface area contributed by atoms with Crippen LogP contribution in [0.1, 0.15) is 20.1 Å². The summed E-state index contributed by atoms with van der Waals surface area (Å²) < 4.78 is 0.935. The highest BCUT2D eigenvalue weighted by atomic mass is 79.9. The Morgan fingerprint density at radius 3 is 2.67 bits per heavy atom. The molecule has 0 spiro atoms. The molecule has 2 aromatic rings. The molecule has 1 aromatic heterocycles. The van der Waals surface area contributed by atoms with E-state index >= 15 is 0 Å². The fourth-order valence-corrected chi connectivity index (χ4v) is 2.72. The van der Waals surface area contributed by atoms with E-state index in [-0.39, 0.29) is 5.91 Å². The molecular formula is C13H13BrN2OS. The Bertz CT molecular complexity index is 588. The molecule has 0 unspecified atom stereocenters. The molecule has 5 heteroatoms. The minimum absolute atomic E-state index is 0.124. The Hall–Kier alpha value is -1.33. The van der Waals surface area contributed by atoms with Crippen LogP contribution in [0, 0.1) is 13.8 Å². The number of aryl methyl sites for hydroxylation is 2. The van der Waals surface area contributed by atoms with Gasteiger partial charge in [0.25, 0.3) is 5.91 Å². The van der Waals surface area contributed by atoms with E-state index in [2.05, 4.69) is 21.2 Å². The van der Waals surface area contributed by atoms with Crippen LogP contribution in [0.15, 0.2) is 28.7 Å². The SMILES string of the molecule is Cc1ccc(Br)cc1NC(=O)c1cc(N)c(C)s1. The van der Waals surface area contributed by atoms with Gasteiger partial charge in [-0.1, -0.05) is 22.0 Å². The van der Waals surface area contributed by atoms with Crippen LogP contribution in [0.4, 0.5) is 11.4 Å². The monoisotopic (exact) mass is 324 g/mol. The number of carbonyl (C=O) groups is 1. The molecule has 2 rings (SSSR count). The standard InChI is InChI=1S/C13H13BrN2OS/c1-7-3-4-9(14)5-11(7)16-13(17)12-6-10(15)8(2)18-12/h3-6H,15H2,1-2H3,(H,16,17). The fourth-order valence-electron chi connectivity index (χ4n) is 1.52. The van der Waals surface area contributed by atoms with Crippen molar-refractivity contribution >= 4 is 44.5 Å². The number of hydrogen-bond acceptors (Lipinski definition) is 3. The summed E-state index contributed by atoms with van der Waals surface area (Å²) in [6.07, 6.45) is 0. The maximum atomic E-state index is 12.1. The van der Waals surface area contributed by atoms with Crippen molar-refractivity contribution in [3.05, 3.63) is 44.1 Å². The lowest BCUT2D eigenvalue weighted by Gasteiger charge is -2.07. The topological polar surface area (TPSA) is 55.1 Å². The van der Waals surface area contributed by atoms with Crippen LogP contribution in [-0.2, 0) is 0 Å². The first kappa shape index (κ1) is 13.1. The van der Waals surface area contributed by atoms with Gasteiger partial charge in [0.15, 0.2) is 0 Å². The lowest BCUT2D eigenvalue weighted by atomic mass is 10.2. The molecule has 0 radical (unpaired) electrons. The molecule has 0 atom stereocenters. The first-order valence-electron chi connectivity index (χ1n) is 5.41. The van der Waals surface area contributed by atoms with E-state index in [1.165, 1.54) is 11.3 Å². The maximum Gasteiger partial charge on any atom is 0.265 e. The maximum absolute atomic E-state index is 12.1. The highest BCUT2D eigenvalue weighted by Crippen LogP contribution is 2.26. The van der Waals surface area contributed by atoms with Crippen molar-refractivity contribution in [3.8, 4) is 0 Å². The Morgan fingerprint density at radius 2 is 2.06 bits per heavy atom. The third-order valence-corrected chi connectivity index (χ3v) is 4.19. The molecule has 3 nitrogen and oxygen atoms in total. The molecule has 0 bridgehead atoms. The zero-order chi connectivity index (χ0) is 13.3. The second kappa shape index (κ2) is 5.12. The second-order valence-electron chi connectivity index (χ2n) is 4.04. The third-order valence-electron chi connectivity index (χ3n) is 2.63. The lowest BCUT2D eigenvalue weighted by Crippen LogP contribution is -2.11. The number of nitrogens with one attached hydrogen (secondary N) is 1. The van der Waals surface area contributed by atoms with Crippen molar-refractivity contribution in [2.75, 3.05) is 11.1 Å². The molecule has 3 N–H and O–H groups in total. The normalized spacial score (nSPS) is 10.4. The van der Waals surface area contributed by atoms with Crippen molar-refractivity contribution in [1.82, 2.24) is 0 Å². The fraction of sp³-hybridized carbons (Fsp3) is 0.154. The predicted molar refractivity (Wildman–Crippen MR) is 80.3 cm³/mol. The predicted octanol–water partition coefficient (Wildman–Crippen LogP) is 3.96. The molecule has 0 aliphatic carbocycles. The van der Waals surface area contributed by atoms with Crippen LogP contribution in [-0.4, -0.2) is 5.91 Å². The van der Waals surface area contributed by atoms with Crippen LogP contribution >= 0.6 is 27.3 Å². The first-order valence-corrected chi connectivity index (χ1v) is 7.01. The van der Waals surface area contributed by atoms with E-state index in [1.54, 1.807) is 6.07 Å². The molecule has 0 aliphatic rings. The number of halogens is 1. The van der Waals surface area contributed by atoms with Gasteiger partial charge >= 0.3 is 0 Å². The molecule has 94 valence electrons. The van der Waals surface area contributed by atoms with Gasteiger partial charge in [-0.15, -0.1) is 11.3 Å². The van der Waals surface area contributed by atoms with E-state index in [1.807, 2.05) is 32.0 Å². The van der Waals surface area contributed by atoms with Gasteiger partial charge in [-0.3, -0.25) is 4.79 Å². The molecule has 0 fully saturated rings. The highest BCUT2D eigenvalue weighted by molar-refractivity contribution is 9.10. The number of nitrogen functional groups attached to an aromatic ring is 1. The summed E-state index contributed by atoms with van der Waals surface area (Å²) in [4.78, 5) is 13.7. The van der Waals surface area contributed by atoms with Crippen LogP contribution in [0.5, 0.6) is 0 Å². The van der Waals surface area contributed by atoms with E-state index in [0.29, 0.717) is 10.6 Å². The first-order chi connectivity index (χ1) is 8.47. The van der Waals surface area contributed by atoms with Crippen molar-refractivity contribution in [3.63, 3.8) is 0 Å². The molecular weight excluding hydrogens is 312 g/mol. The van der Waals surface area contributed by atoms with E-state index < -0.39 is 0 Å². The highest BCUT2D eigenvalue weighted by Gasteiger charge is 2.12. The molecule has 1 aromatic carbocycles. The van der Waals surface area contributed by atoms with Gasteiger partial charge in [0.2, 0.25) is 0 Å². The molecule has 1 heterocycles. The summed E-state index contributed by atoms with van der Waals surface area (Å²) in [5.74, 6) is -0.124. The minimum Gasteiger partial charge on any atom is -0.398 e. The summed E-state index contributed by atoms with van der Waals surface area (Å²) in [5, 5.41) is 2.89. The number of amides is 1. The van der Waals surface area contributed by atoms with Gasteiger partial charge < -0.3 is 11.1 Å². The van der Waals surface area contributed by atoms with Gasteiger partial charge in [-0.05, 0) is 37.6 Å². The molecule has 1 amide bonds. The van der Waals surface area contributed by atoms with Crippen LogP contribution in [0.3, 0.4) is 0 Å². The summed E-state index contributed by atoms with van der Waals surface area (Å²) >= 11 is 4.79. The van der Waals surface area contributed by atoms with E-state index in [4.69, 9.17) is 5.73 Å². The average Bonchev–Trinajstić information content (AvgIpc) is 2.64. The van der Waals surface area contributed by atoms with E-state index in [0.717, 1.165) is 20.6 Å². The minimum atomic E-state index is -0.124. The third kappa shape index (κ3) is 2.73. The number of anilines is 2. The zero-order valence-corrected chi connectivity index (χ0v) is 12.5. The van der Waals surface area contributed by atoms with Crippen molar-refractivity contribution < 1.29 is 4.79 Å². The van der Waals surface area contributed by atoms with Crippen molar-refractivity contribution in [1.29, 1.82) is 0 Å². The molecule has 0 aliphatic heterocycles. The molecule has 0 saturated heterocycles. The number of benzene rings is 1. The van der Waals surface area contributed by atoms with Crippen molar-refractivity contribution in [2.45, 2.75) is 13.8 Å². The van der Waals surface area contributed by atoms with Crippen LogP contribution in [0.2, 0.25) is 0 Å². The number of hydrogen-bond donors (Lipinski definition) is 2. The van der Waals surface area contributed by atoms with E-state index in [9.17, 15) is 4.79 Å². The lowest BCUT2D eigenvalue weighted by molar-refractivity contribution is 0.103. The second-order valence-corrected chi connectivity index (χ2v) is 6.21. The smallest absolute Gasteiger partial charge is 0.265 e. The van der Waals surface area contributed by atoms with Gasteiger partial charge in [0.1, 0.15) is 0 Å². The number of rotatable bonds is 2. The number of thiophene rings is 1. The van der Waals surface area contributed by atoms with Crippen LogP contribution < -0.4 is 11.1 Å². The largest absolute Gasteiger partial charge is 0.398 e. The molecule has 0 saturated carbocycles. The summed E-state index contributed by atoms with van der Waals surface area (Å²) in [6.45, 7) is 3.86. The van der Waals surface area contributed by atoms with Crippen LogP contribution in [0.25, 0.3) is 0 Å². The quantitative estimate of drug-likeness (QED) is 0.878. The van der Waals surface area contributed by atoms with Gasteiger partial charge in [-0.25, -0.2) is 0 Å². The van der Waals surface area contributed by atoms with Gasteiger partial charge in [0, 0.05) is 20.7 Å². The Labute approximate surface area is 118 Å². The number of carbonyl (C=O) groups excluding carboxylic acids is 1. The Balaban J connectivity index is 2.23. The number of nitrogens with two attached hydrogens (primary N) is 1. The summed E-state index contributed by atoms with van der Waals surface area (Å²) in [6, 6.07) is 7.49. The summed E-state index contributed by atoms with van der Waals surface area (Å²) in [7, 11) is 0. The van der Waals surface area contributed by atoms with Crippen molar-refractivity contribution in [2.24, 2.45) is 0 Å². The summed E-state index contributed by atoms with van der Waals surface area (Å²) in [5.41, 5.74) is 8.24. The Morgan fingerprint density at radius 1 is 1.33 bits per heavy atom.